The summed E-state index contributed by atoms with van der Waals surface area (Å²) >= 11 is 10.6. The predicted octanol–water partition coefficient (Wildman–Crippen LogP) is 4.36. The number of carbonyl (C=O) groups is 1. The second-order valence-corrected chi connectivity index (χ2v) is 14.8. The summed E-state index contributed by atoms with van der Waals surface area (Å²) in [5.74, 6) is 0.291. The van der Waals surface area contributed by atoms with Gasteiger partial charge < -0.3 is 15.6 Å². The van der Waals surface area contributed by atoms with Crippen LogP contribution in [0.1, 0.15) is 11.3 Å². The number of hydrogen-bond acceptors (Lipinski definition) is 8. The number of nitrogens with zero attached hydrogens (tertiary/aromatic N) is 4. The van der Waals surface area contributed by atoms with Gasteiger partial charge in [0.2, 0.25) is 15.9 Å². The number of H-pyrrole nitrogens is 1. The fourth-order valence-corrected chi connectivity index (χ4v) is 8.39. The van der Waals surface area contributed by atoms with Gasteiger partial charge in [0.05, 0.1) is 21.9 Å². The first-order chi connectivity index (χ1) is 19.6. The Balaban J connectivity index is 1.25. The molecule has 0 bridgehead atoms. The van der Waals surface area contributed by atoms with Crippen LogP contribution in [0.2, 0.25) is 5.02 Å². The fraction of sp³-hybridized carbons (Fsp3) is 0.222. The summed E-state index contributed by atoms with van der Waals surface area (Å²) in [4.78, 5) is 29.1. The minimum atomic E-state index is -3.75. The van der Waals surface area contributed by atoms with Gasteiger partial charge in [0.25, 0.3) is 0 Å². The number of amides is 1. The van der Waals surface area contributed by atoms with Crippen molar-refractivity contribution in [3.8, 4) is 0 Å². The Morgan fingerprint density at radius 2 is 1.98 bits per heavy atom. The number of sulfonamides is 1. The van der Waals surface area contributed by atoms with Gasteiger partial charge in [0.15, 0.2) is 0 Å². The Morgan fingerprint density at radius 1 is 1.12 bits per heavy atom. The van der Waals surface area contributed by atoms with Gasteiger partial charge in [-0.1, -0.05) is 17.7 Å². The summed E-state index contributed by atoms with van der Waals surface area (Å²) in [7, 11) is -3.75. The normalized spacial score (nSPS) is 16.7. The highest BCUT2D eigenvalue weighted by molar-refractivity contribution is 9.11. The standard InChI is InChI=1S/C27H25BrClN7O3S2/c28-24-5-6-26(40-24)41(38,39)33-10-20-13-35(12-19-9-17-8-18(29)2-4-22(17)34-19)14-25(37)36(20)11-16-1-3-21-23(7-16)31-15-32-27(21)30/h1-9,15,20,33-34H,10-14H2,(H2,30,31,32)/t20-/m1/s1. The van der Waals surface area contributed by atoms with E-state index in [-0.39, 0.29) is 23.2 Å². The molecule has 0 aliphatic carbocycles. The Bertz CT molecular complexity index is 1880. The molecule has 3 aromatic heterocycles. The van der Waals surface area contributed by atoms with Crippen LogP contribution in [0.4, 0.5) is 5.82 Å². The van der Waals surface area contributed by atoms with Crippen LogP contribution < -0.4 is 10.5 Å². The van der Waals surface area contributed by atoms with Crippen LogP contribution in [0.25, 0.3) is 21.8 Å². The van der Waals surface area contributed by atoms with Gasteiger partial charge in [-0.25, -0.2) is 23.1 Å². The maximum absolute atomic E-state index is 13.6. The van der Waals surface area contributed by atoms with E-state index in [9.17, 15) is 13.2 Å². The quantitative estimate of drug-likeness (QED) is 0.223. The smallest absolute Gasteiger partial charge is 0.250 e. The summed E-state index contributed by atoms with van der Waals surface area (Å²) in [5, 5.41) is 2.38. The molecule has 0 spiro atoms. The molecule has 1 aliphatic rings. The van der Waals surface area contributed by atoms with Crippen LogP contribution in [-0.4, -0.2) is 64.8 Å². The number of aromatic amines is 1. The average Bonchev–Trinajstić information content (AvgIpc) is 3.55. The zero-order valence-electron chi connectivity index (χ0n) is 21.5. The van der Waals surface area contributed by atoms with Crippen LogP contribution in [0.3, 0.4) is 0 Å². The third kappa shape index (κ3) is 6.10. The molecule has 5 aromatic rings. The van der Waals surface area contributed by atoms with E-state index >= 15 is 0 Å². The topological polar surface area (TPSA) is 137 Å². The van der Waals surface area contributed by atoms with E-state index in [2.05, 4.69) is 35.6 Å². The Kier molecular flexibility index (Phi) is 7.74. The molecular weight excluding hydrogens is 650 g/mol. The molecule has 0 unspecified atom stereocenters. The van der Waals surface area contributed by atoms with Crippen molar-refractivity contribution >= 4 is 82.4 Å². The number of benzene rings is 2. The molecule has 212 valence electrons. The van der Waals surface area contributed by atoms with Gasteiger partial charge in [-0.15, -0.1) is 11.3 Å². The van der Waals surface area contributed by atoms with Crippen molar-refractivity contribution in [3.63, 3.8) is 0 Å². The maximum atomic E-state index is 13.6. The van der Waals surface area contributed by atoms with Gasteiger partial charge in [-0.2, -0.15) is 0 Å². The van der Waals surface area contributed by atoms with Gasteiger partial charge in [0, 0.05) is 53.2 Å². The number of fused-ring (bicyclic) bond motifs is 2. The van der Waals surface area contributed by atoms with E-state index in [4.69, 9.17) is 17.3 Å². The zero-order valence-corrected chi connectivity index (χ0v) is 25.5. The van der Waals surface area contributed by atoms with E-state index < -0.39 is 16.1 Å². The number of carbonyl (C=O) groups excluding carboxylic acids is 1. The molecule has 1 saturated heterocycles. The number of nitrogens with two attached hydrogens (primary N) is 1. The average molecular weight is 675 g/mol. The number of anilines is 1. The molecule has 4 heterocycles. The first-order valence-electron chi connectivity index (χ1n) is 12.7. The zero-order chi connectivity index (χ0) is 28.7. The van der Waals surface area contributed by atoms with Crippen LogP contribution in [0.5, 0.6) is 0 Å². The SMILES string of the molecule is Nc1ncnc2cc(CN3C(=O)CN(Cc4cc5cc(Cl)ccc5[nH]4)C[C@H]3CNS(=O)(=O)c3ccc(Br)s3)ccc12. The van der Waals surface area contributed by atoms with E-state index in [1.807, 2.05) is 47.4 Å². The minimum absolute atomic E-state index is 0.0606. The number of halogens is 2. The van der Waals surface area contributed by atoms with E-state index in [0.717, 1.165) is 42.7 Å². The number of nitrogen functional groups attached to an aromatic ring is 1. The highest BCUT2D eigenvalue weighted by Crippen LogP contribution is 2.27. The van der Waals surface area contributed by atoms with E-state index in [0.29, 0.717) is 36.0 Å². The van der Waals surface area contributed by atoms with Gasteiger partial charge in [0.1, 0.15) is 16.4 Å². The largest absolute Gasteiger partial charge is 0.383 e. The van der Waals surface area contributed by atoms with Crippen molar-refractivity contribution in [1.82, 2.24) is 29.5 Å². The summed E-state index contributed by atoms with van der Waals surface area (Å²) in [6.07, 6.45) is 1.41. The molecule has 6 rings (SSSR count). The van der Waals surface area contributed by atoms with Gasteiger partial charge in [-0.05, 0) is 70.0 Å². The van der Waals surface area contributed by atoms with Crippen molar-refractivity contribution in [2.24, 2.45) is 0 Å². The maximum Gasteiger partial charge on any atom is 0.250 e. The van der Waals surface area contributed by atoms with Crippen LogP contribution in [0.15, 0.2) is 68.9 Å². The molecule has 4 N–H and O–H groups in total. The second-order valence-electron chi connectivity index (χ2n) is 9.89. The molecule has 14 heteroatoms. The molecule has 2 aromatic carbocycles. The molecule has 0 saturated carbocycles. The number of piperazine rings is 1. The highest BCUT2D eigenvalue weighted by Gasteiger charge is 2.34. The summed E-state index contributed by atoms with van der Waals surface area (Å²) in [5.41, 5.74) is 9.42. The molecule has 1 atom stereocenters. The van der Waals surface area contributed by atoms with Gasteiger partial charge >= 0.3 is 0 Å². The Morgan fingerprint density at radius 3 is 2.78 bits per heavy atom. The molecule has 1 aliphatic heterocycles. The third-order valence-corrected chi connectivity index (χ3v) is 10.8. The summed E-state index contributed by atoms with van der Waals surface area (Å²) in [6.45, 7) is 1.53. The van der Waals surface area contributed by atoms with E-state index in [1.165, 1.54) is 6.33 Å². The first-order valence-corrected chi connectivity index (χ1v) is 16.1. The highest BCUT2D eigenvalue weighted by atomic mass is 79.9. The van der Waals surface area contributed by atoms with Crippen molar-refractivity contribution in [3.05, 3.63) is 81.0 Å². The predicted molar refractivity (Wildman–Crippen MR) is 164 cm³/mol. The second kappa shape index (κ2) is 11.3. The first kappa shape index (κ1) is 28.1. The van der Waals surface area contributed by atoms with Crippen LogP contribution in [-0.2, 0) is 27.9 Å². The molecule has 10 nitrogen and oxygen atoms in total. The lowest BCUT2D eigenvalue weighted by Crippen LogP contribution is -2.59. The summed E-state index contributed by atoms with van der Waals surface area (Å²) in [6, 6.07) is 16.1. The fourth-order valence-electron chi connectivity index (χ4n) is 5.09. The lowest BCUT2D eigenvalue weighted by Gasteiger charge is -2.41. The van der Waals surface area contributed by atoms with Gasteiger partial charge in [-0.3, -0.25) is 9.69 Å². The minimum Gasteiger partial charge on any atom is -0.383 e. The monoisotopic (exact) mass is 673 g/mol. The van der Waals surface area contributed by atoms with Crippen LogP contribution >= 0.6 is 38.9 Å². The molecule has 1 fully saturated rings. The van der Waals surface area contributed by atoms with Crippen molar-refractivity contribution in [2.75, 3.05) is 25.4 Å². The lowest BCUT2D eigenvalue weighted by molar-refractivity contribution is -0.140. The number of thiophene rings is 1. The van der Waals surface area contributed by atoms with Crippen molar-refractivity contribution < 1.29 is 13.2 Å². The van der Waals surface area contributed by atoms with Crippen molar-refractivity contribution in [1.29, 1.82) is 0 Å². The Labute approximate surface area is 253 Å². The van der Waals surface area contributed by atoms with Crippen molar-refractivity contribution in [2.45, 2.75) is 23.3 Å². The molecule has 1 amide bonds. The number of aromatic nitrogens is 3. The number of rotatable bonds is 8. The molecule has 41 heavy (non-hydrogen) atoms. The molecular formula is C27H25BrClN7O3S2. The van der Waals surface area contributed by atoms with Crippen LogP contribution in [0, 0.1) is 0 Å². The number of nitrogens with one attached hydrogen (secondary N) is 2. The third-order valence-electron chi connectivity index (χ3n) is 7.03. The summed E-state index contributed by atoms with van der Waals surface area (Å²) < 4.78 is 29.7. The molecule has 0 radical (unpaired) electrons. The number of hydrogen-bond donors (Lipinski definition) is 3. The Hall–Kier alpha value is -3.07. The van der Waals surface area contributed by atoms with E-state index in [1.54, 1.807) is 17.0 Å². The lowest BCUT2D eigenvalue weighted by atomic mass is 10.1.